The molecule has 0 heterocycles. The number of hydrogen-bond donors (Lipinski definition) is 0. The molecular formula is C14H13F2Si. The maximum Gasteiger partial charge on any atom is 0.123 e. The van der Waals surface area contributed by atoms with Crippen molar-refractivity contribution in [3.8, 4) is 0 Å². The van der Waals surface area contributed by atoms with Crippen LogP contribution < -0.4 is 10.4 Å². The van der Waals surface area contributed by atoms with E-state index in [1.54, 1.807) is 24.3 Å². The lowest BCUT2D eigenvalue weighted by Gasteiger charge is -2.23. The zero-order valence-corrected chi connectivity index (χ0v) is 10.6. The molecular weight excluding hydrogens is 234 g/mol. The highest BCUT2D eigenvalue weighted by Crippen LogP contribution is 2.06. The van der Waals surface area contributed by atoms with E-state index >= 15 is 0 Å². The molecule has 2 aromatic rings. The summed E-state index contributed by atoms with van der Waals surface area (Å²) in [6.45, 7) is 6.33. The lowest BCUT2D eigenvalue weighted by Crippen LogP contribution is -2.53. The highest BCUT2D eigenvalue weighted by Gasteiger charge is 2.25. The Balaban J connectivity index is 2.41. The zero-order valence-electron chi connectivity index (χ0n) is 9.58. The average Bonchev–Trinajstić information content (AvgIpc) is 2.30. The third kappa shape index (κ3) is 2.44. The minimum Gasteiger partial charge on any atom is -0.207 e. The van der Waals surface area contributed by atoms with Gasteiger partial charge in [0.1, 0.15) is 19.7 Å². The summed E-state index contributed by atoms with van der Waals surface area (Å²) in [4.78, 5) is 0. The highest BCUT2D eigenvalue weighted by molar-refractivity contribution is 7.02. The minimum absolute atomic E-state index is 0.252. The van der Waals surface area contributed by atoms with Gasteiger partial charge in [-0.05, 0) is 24.3 Å². The van der Waals surface area contributed by atoms with Gasteiger partial charge in [-0.1, -0.05) is 47.7 Å². The van der Waals surface area contributed by atoms with Crippen molar-refractivity contribution in [2.75, 3.05) is 0 Å². The topological polar surface area (TPSA) is 0 Å². The fourth-order valence-electron chi connectivity index (χ4n) is 1.80. The summed E-state index contributed by atoms with van der Waals surface area (Å²) >= 11 is 0. The van der Waals surface area contributed by atoms with Crippen molar-refractivity contribution >= 4 is 18.4 Å². The molecule has 17 heavy (non-hydrogen) atoms. The van der Waals surface area contributed by atoms with Crippen LogP contribution in [0.4, 0.5) is 8.78 Å². The first-order valence-corrected chi connectivity index (χ1v) is 8.08. The maximum absolute atomic E-state index is 12.9. The van der Waals surface area contributed by atoms with Crippen LogP contribution in [0.5, 0.6) is 0 Å². The summed E-state index contributed by atoms with van der Waals surface area (Å²) in [6.07, 6.45) is 0. The Morgan fingerprint density at radius 3 is 1.35 bits per heavy atom. The average molecular weight is 247 g/mol. The van der Waals surface area contributed by atoms with Gasteiger partial charge in [0.25, 0.3) is 0 Å². The lowest BCUT2D eigenvalue weighted by atomic mass is 10.3. The summed E-state index contributed by atoms with van der Waals surface area (Å²) in [6, 6.07) is 12.8. The summed E-state index contributed by atoms with van der Waals surface area (Å²) in [5.41, 5.74) is 0. The molecule has 0 aromatic heterocycles. The number of halogens is 2. The van der Waals surface area contributed by atoms with Gasteiger partial charge in [-0.15, -0.1) is 0 Å². The standard InChI is InChI=1S/C14H13F2Si/c1-17(2,13-7-3-11(15)4-8-13)14-9-5-12(16)6-10-14/h3-10H,1H2,2H3. The molecule has 0 N–H and O–H groups in total. The van der Waals surface area contributed by atoms with Gasteiger partial charge in [-0.25, -0.2) is 8.78 Å². The fraction of sp³-hybridized carbons (Fsp3) is 0.0714. The van der Waals surface area contributed by atoms with Crippen LogP contribution in [0.25, 0.3) is 0 Å². The van der Waals surface area contributed by atoms with E-state index < -0.39 is 8.07 Å². The van der Waals surface area contributed by atoms with Gasteiger partial charge in [0.15, 0.2) is 0 Å². The second-order valence-corrected chi connectivity index (χ2v) is 8.16. The van der Waals surface area contributed by atoms with E-state index in [0.717, 1.165) is 10.4 Å². The SMILES string of the molecule is [CH2][Si](C)(c1ccc(F)cc1)c1ccc(F)cc1. The Labute approximate surface area is 101 Å². The Hall–Kier alpha value is -1.48. The highest BCUT2D eigenvalue weighted by atomic mass is 28.3. The number of hydrogen-bond acceptors (Lipinski definition) is 0. The van der Waals surface area contributed by atoms with E-state index in [1.165, 1.54) is 24.3 Å². The van der Waals surface area contributed by atoms with E-state index in [0.29, 0.717) is 0 Å². The number of benzene rings is 2. The van der Waals surface area contributed by atoms with E-state index in [2.05, 4.69) is 13.1 Å². The summed E-state index contributed by atoms with van der Waals surface area (Å²) in [7, 11) is -2.08. The predicted octanol–water partition coefficient (Wildman–Crippen LogP) is 2.53. The maximum atomic E-state index is 12.9. The molecule has 0 bridgehead atoms. The van der Waals surface area contributed by atoms with Gasteiger partial charge in [0.05, 0.1) is 0 Å². The monoisotopic (exact) mass is 247 g/mol. The molecule has 0 aliphatic heterocycles. The van der Waals surface area contributed by atoms with Crippen LogP contribution in [0.15, 0.2) is 48.5 Å². The Morgan fingerprint density at radius 2 is 1.06 bits per heavy atom. The van der Waals surface area contributed by atoms with Crippen molar-refractivity contribution < 1.29 is 8.78 Å². The van der Waals surface area contributed by atoms with Crippen molar-refractivity contribution in [1.82, 2.24) is 0 Å². The molecule has 87 valence electrons. The van der Waals surface area contributed by atoms with E-state index in [9.17, 15) is 8.78 Å². The Kier molecular flexibility index (Phi) is 3.11. The van der Waals surface area contributed by atoms with E-state index in [1.807, 2.05) is 0 Å². The van der Waals surface area contributed by atoms with Crippen LogP contribution in [0.1, 0.15) is 0 Å². The summed E-state index contributed by atoms with van der Waals surface area (Å²) < 4.78 is 25.8. The summed E-state index contributed by atoms with van der Waals surface area (Å²) in [5.74, 6) is -0.504. The van der Waals surface area contributed by atoms with E-state index in [-0.39, 0.29) is 11.6 Å². The quantitative estimate of drug-likeness (QED) is 0.715. The molecule has 3 heteroatoms. The second-order valence-electron chi connectivity index (χ2n) is 4.35. The number of rotatable bonds is 2. The van der Waals surface area contributed by atoms with Gasteiger partial charge in [0, 0.05) is 0 Å². The van der Waals surface area contributed by atoms with E-state index in [4.69, 9.17) is 0 Å². The molecule has 2 aromatic carbocycles. The molecule has 0 amide bonds. The first-order valence-electron chi connectivity index (χ1n) is 5.37. The molecule has 1 radical (unpaired) electrons. The first kappa shape index (κ1) is 12.0. The van der Waals surface area contributed by atoms with Crippen LogP contribution >= 0.6 is 0 Å². The molecule has 0 nitrogen and oxygen atoms in total. The van der Waals surface area contributed by atoms with Crippen molar-refractivity contribution in [3.05, 3.63) is 66.7 Å². The third-order valence-corrected chi connectivity index (χ3v) is 6.18. The molecule has 0 aliphatic rings. The summed E-state index contributed by atoms with van der Waals surface area (Å²) in [5, 5.41) is 2.07. The zero-order chi connectivity index (χ0) is 12.5. The normalized spacial score (nSPS) is 11.5. The fourth-order valence-corrected chi connectivity index (χ4v) is 3.94. The van der Waals surface area contributed by atoms with Gasteiger partial charge in [0.2, 0.25) is 0 Å². The van der Waals surface area contributed by atoms with Gasteiger partial charge < -0.3 is 0 Å². The van der Waals surface area contributed by atoms with Crippen LogP contribution in [-0.4, -0.2) is 8.07 Å². The largest absolute Gasteiger partial charge is 0.207 e. The smallest absolute Gasteiger partial charge is 0.123 e. The molecule has 0 fully saturated rings. The first-order chi connectivity index (χ1) is 8.00. The molecule has 0 unspecified atom stereocenters. The van der Waals surface area contributed by atoms with Crippen molar-refractivity contribution in [1.29, 1.82) is 0 Å². The Bertz CT molecular complexity index is 453. The molecule has 0 atom stereocenters. The molecule has 2 rings (SSSR count). The van der Waals surface area contributed by atoms with Gasteiger partial charge >= 0.3 is 0 Å². The van der Waals surface area contributed by atoms with Gasteiger partial charge in [-0.2, -0.15) is 0 Å². The van der Waals surface area contributed by atoms with Crippen LogP contribution in [0, 0.1) is 18.2 Å². The third-order valence-electron chi connectivity index (χ3n) is 2.96. The molecule has 0 saturated heterocycles. The minimum atomic E-state index is -2.08. The van der Waals surface area contributed by atoms with Crippen molar-refractivity contribution in [2.24, 2.45) is 0 Å². The predicted molar refractivity (Wildman–Crippen MR) is 69.0 cm³/mol. The van der Waals surface area contributed by atoms with Crippen LogP contribution in [-0.2, 0) is 0 Å². The van der Waals surface area contributed by atoms with Crippen molar-refractivity contribution in [2.45, 2.75) is 6.55 Å². The Morgan fingerprint density at radius 1 is 0.765 bits per heavy atom. The molecule has 0 spiro atoms. The second kappa shape index (κ2) is 4.41. The van der Waals surface area contributed by atoms with Crippen LogP contribution in [0.2, 0.25) is 6.55 Å². The lowest BCUT2D eigenvalue weighted by molar-refractivity contribution is 0.628. The molecule has 0 saturated carbocycles. The molecule has 0 aliphatic carbocycles. The van der Waals surface area contributed by atoms with Crippen LogP contribution in [0.3, 0.4) is 0 Å². The van der Waals surface area contributed by atoms with Gasteiger partial charge in [-0.3, -0.25) is 0 Å². The van der Waals surface area contributed by atoms with Crippen molar-refractivity contribution in [3.63, 3.8) is 0 Å².